The van der Waals surface area contributed by atoms with Crippen molar-refractivity contribution in [1.82, 2.24) is 4.57 Å². The molecule has 0 radical (unpaired) electrons. The number of rotatable bonds is 7. The number of carbonyl (C=O) groups excluding carboxylic acids is 1. The molecule has 3 aromatic rings. The highest BCUT2D eigenvalue weighted by atomic mass is 16.5. The number of aromatic hydroxyl groups is 1. The zero-order chi connectivity index (χ0) is 23.4. The minimum absolute atomic E-state index is 0.0629. The van der Waals surface area contributed by atoms with E-state index in [-0.39, 0.29) is 23.2 Å². The summed E-state index contributed by atoms with van der Waals surface area (Å²) < 4.78 is 6.99. The summed E-state index contributed by atoms with van der Waals surface area (Å²) in [6.45, 7) is 7.08. The molecule has 3 rings (SSSR count). The average molecular weight is 431 g/mol. The molecule has 0 amide bonds. The number of nitriles is 1. The van der Waals surface area contributed by atoms with Crippen molar-refractivity contribution >= 4 is 5.78 Å². The van der Waals surface area contributed by atoms with E-state index in [2.05, 4.69) is 0 Å². The summed E-state index contributed by atoms with van der Waals surface area (Å²) >= 11 is 0. The highest BCUT2D eigenvalue weighted by Crippen LogP contribution is 2.27. The number of hydrogen-bond acceptors (Lipinski definition) is 5. The molecule has 2 aromatic carbocycles. The second kappa shape index (κ2) is 9.52. The van der Waals surface area contributed by atoms with Gasteiger partial charge in [-0.3, -0.25) is 14.2 Å². The fourth-order valence-corrected chi connectivity index (χ4v) is 3.64. The van der Waals surface area contributed by atoms with Crippen molar-refractivity contribution in [3.05, 3.63) is 92.3 Å². The van der Waals surface area contributed by atoms with Crippen LogP contribution in [0.5, 0.6) is 11.6 Å². The van der Waals surface area contributed by atoms with Gasteiger partial charge in [-0.05, 0) is 62.4 Å². The van der Waals surface area contributed by atoms with Crippen molar-refractivity contribution in [3.63, 3.8) is 0 Å². The Balaban J connectivity index is 1.99. The van der Waals surface area contributed by atoms with E-state index in [1.54, 1.807) is 13.0 Å². The highest BCUT2D eigenvalue weighted by molar-refractivity contribution is 6.03. The Morgan fingerprint density at radius 2 is 1.78 bits per heavy atom. The second-order valence-corrected chi connectivity index (χ2v) is 7.83. The quantitative estimate of drug-likeness (QED) is 0.566. The van der Waals surface area contributed by atoms with E-state index >= 15 is 0 Å². The first-order valence-electron chi connectivity index (χ1n) is 10.4. The van der Waals surface area contributed by atoms with Crippen LogP contribution in [0.3, 0.4) is 0 Å². The van der Waals surface area contributed by atoms with E-state index in [1.807, 2.05) is 62.4 Å². The maximum atomic E-state index is 13.3. The second-order valence-electron chi connectivity index (χ2n) is 7.83. The normalized spacial score (nSPS) is 11.6. The SMILES string of the molecule is Cc1cccc(OC(C)C(=O)c2c(C)c(C#N)c(=O)n(CCc3ccccc3)c2O)c1C. The van der Waals surface area contributed by atoms with Crippen molar-refractivity contribution < 1.29 is 14.6 Å². The Morgan fingerprint density at radius 1 is 1.09 bits per heavy atom. The van der Waals surface area contributed by atoms with Gasteiger partial charge in [0, 0.05) is 6.54 Å². The number of ketones is 1. The third-order valence-corrected chi connectivity index (χ3v) is 5.74. The number of hydrogen-bond donors (Lipinski definition) is 1. The van der Waals surface area contributed by atoms with Crippen molar-refractivity contribution in [2.24, 2.45) is 0 Å². The number of aromatic nitrogens is 1. The van der Waals surface area contributed by atoms with E-state index in [4.69, 9.17) is 4.74 Å². The van der Waals surface area contributed by atoms with Crippen LogP contribution in [0.15, 0.2) is 53.3 Å². The molecular formula is C26H26N2O4. The molecule has 6 nitrogen and oxygen atoms in total. The number of carbonyl (C=O) groups is 1. The molecule has 32 heavy (non-hydrogen) atoms. The predicted molar refractivity (Wildman–Crippen MR) is 122 cm³/mol. The van der Waals surface area contributed by atoms with E-state index < -0.39 is 23.3 Å². The summed E-state index contributed by atoms with van der Waals surface area (Å²) in [7, 11) is 0. The van der Waals surface area contributed by atoms with Crippen LogP contribution in [0.1, 0.15) is 45.1 Å². The van der Waals surface area contributed by atoms with Crippen LogP contribution in [0.25, 0.3) is 0 Å². The van der Waals surface area contributed by atoms with Crippen LogP contribution < -0.4 is 10.3 Å². The molecule has 0 saturated heterocycles. The molecule has 164 valence electrons. The molecule has 1 atom stereocenters. The van der Waals surface area contributed by atoms with E-state index in [0.29, 0.717) is 12.2 Å². The van der Waals surface area contributed by atoms with Gasteiger partial charge in [-0.25, -0.2) is 0 Å². The average Bonchev–Trinajstić information content (AvgIpc) is 2.77. The Bertz CT molecular complexity index is 1250. The van der Waals surface area contributed by atoms with Crippen molar-refractivity contribution in [1.29, 1.82) is 5.26 Å². The van der Waals surface area contributed by atoms with Crippen molar-refractivity contribution in [2.75, 3.05) is 0 Å². The largest absolute Gasteiger partial charge is 0.494 e. The molecule has 0 fully saturated rings. The van der Waals surface area contributed by atoms with E-state index in [9.17, 15) is 20.0 Å². The molecule has 6 heteroatoms. The van der Waals surface area contributed by atoms with E-state index in [0.717, 1.165) is 21.3 Å². The molecule has 0 bridgehead atoms. The standard InChI is InChI=1S/C26H26N2O4/c1-16-9-8-12-22(17(16)2)32-19(4)24(29)23-18(3)21(15-27)25(30)28(26(23)31)14-13-20-10-6-5-7-11-20/h5-12,19,31H,13-14H2,1-4H3. The first kappa shape index (κ1) is 22.8. The lowest BCUT2D eigenvalue weighted by Gasteiger charge is -2.20. The van der Waals surface area contributed by atoms with Crippen LogP contribution in [-0.2, 0) is 13.0 Å². The summed E-state index contributed by atoms with van der Waals surface area (Å²) in [6, 6.07) is 16.9. The van der Waals surface area contributed by atoms with Crippen molar-refractivity contribution in [3.8, 4) is 17.7 Å². The third-order valence-electron chi connectivity index (χ3n) is 5.74. The molecule has 1 N–H and O–H groups in total. The lowest BCUT2D eigenvalue weighted by Crippen LogP contribution is -2.31. The third kappa shape index (κ3) is 4.42. The van der Waals surface area contributed by atoms with Crippen LogP contribution in [0, 0.1) is 32.1 Å². The van der Waals surface area contributed by atoms with Gasteiger partial charge in [0.1, 0.15) is 17.4 Å². The van der Waals surface area contributed by atoms with Gasteiger partial charge in [-0.2, -0.15) is 5.26 Å². The minimum atomic E-state index is -0.924. The van der Waals surface area contributed by atoms with Gasteiger partial charge >= 0.3 is 0 Å². The van der Waals surface area contributed by atoms with Gasteiger partial charge in [0.25, 0.3) is 5.56 Å². The van der Waals surface area contributed by atoms with Crippen LogP contribution in [-0.4, -0.2) is 21.6 Å². The molecule has 1 heterocycles. The van der Waals surface area contributed by atoms with Gasteiger partial charge in [0.2, 0.25) is 11.7 Å². The first-order chi connectivity index (χ1) is 15.3. The molecular weight excluding hydrogens is 404 g/mol. The molecule has 1 aromatic heterocycles. The van der Waals surface area contributed by atoms with E-state index in [1.165, 1.54) is 6.92 Å². The molecule has 0 aliphatic carbocycles. The number of Topliss-reactive ketones (excluding diaryl/α,β-unsaturated/α-hetero) is 1. The van der Waals surface area contributed by atoms with Gasteiger partial charge in [0.15, 0.2) is 6.10 Å². The van der Waals surface area contributed by atoms with Gasteiger partial charge in [0.05, 0.1) is 5.56 Å². The fourth-order valence-electron chi connectivity index (χ4n) is 3.64. The van der Waals surface area contributed by atoms with Gasteiger partial charge in [-0.1, -0.05) is 42.5 Å². The monoisotopic (exact) mass is 430 g/mol. The molecule has 0 aliphatic heterocycles. The Kier molecular flexibility index (Phi) is 6.79. The van der Waals surface area contributed by atoms with Crippen LogP contribution in [0.2, 0.25) is 0 Å². The topological polar surface area (TPSA) is 92.3 Å². The molecule has 1 unspecified atom stereocenters. The fraction of sp³-hybridized carbons (Fsp3) is 0.269. The number of nitrogens with zero attached hydrogens (tertiary/aromatic N) is 2. The van der Waals surface area contributed by atoms with Crippen LogP contribution >= 0.6 is 0 Å². The van der Waals surface area contributed by atoms with Gasteiger partial charge < -0.3 is 9.84 Å². The zero-order valence-electron chi connectivity index (χ0n) is 18.7. The molecule has 0 saturated carbocycles. The van der Waals surface area contributed by atoms with Crippen molar-refractivity contribution in [2.45, 2.75) is 46.8 Å². The summed E-state index contributed by atoms with van der Waals surface area (Å²) in [5.41, 5.74) is 2.24. The summed E-state index contributed by atoms with van der Waals surface area (Å²) in [6.07, 6.45) is -0.462. The molecule has 0 aliphatic rings. The Morgan fingerprint density at radius 3 is 2.44 bits per heavy atom. The maximum Gasteiger partial charge on any atom is 0.271 e. The lowest BCUT2D eigenvalue weighted by atomic mass is 9.99. The lowest BCUT2D eigenvalue weighted by molar-refractivity contribution is 0.0811. The smallest absolute Gasteiger partial charge is 0.271 e. The maximum absolute atomic E-state index is 13.3. The summed E-state index contributed by atoms with van der Waals surface area (Å²) in [5, 5.41) is 20.5. The predicted octanol–water partition coefficient (Wildman–Crippen LogP) is 4.24. The number of pyridine rings is 1. The van der Waals surface area contributed by atoms with Gasteiger partial charge in [-0.15, -0.1) is 0 Å². The highest BCUT2D eigenvalue weighted by Gasteiger charge is 2.28. The zero-order valence-corrected chi connectivity index (χ0v) is 18.7. The van der Waals surface area contributed by atoms with Crippen LogP contribution in [0.4, 0.5) is 0 Å². The summed E-state index contributed by atoms with van der Waals surface area (Å²) in [4.78, 5) is 26.1. The Labute approximate surface area is 187 Å². The first-order valence-corrected chi connectivity index (χ1v) is 10.4. The number of ether oxygens (including phenoxy) is 1. The Hall–Kier alpha value is -3.85. The number of benzene rings is 2. The summed E-state index contributed by atoms with van der Waals surface area (Å²) in [5.74, 6) is -0.365. The number of aryl methyl sites for hydroxylation is 2. The minimum Gasteiger partial charge on any atom is -0.494 e. The molecule has 0 spiro atoms.